The maximum absolute atomic E-state index is 10.8. The summed E-state index contributed by atoms with van der Waals surface area (Å²) in [6.07, 6.45) is 5.37. The second kappa shape index (κ2) is 6.11. The summed E-state index contributed by atoms with van der Waals surface area (Å²) >= 11 is 0. The van der Waals surface area contributed by atoms with Crippen molar-refractivity contribution in [2.45, 2.75) is 31.8 Å². The molecule has 1 aromatic rings. The normalized spacial score (nSPS) is 27.5. The molecule has 0 bridgehead atoms. The molecule has 116 valence electrons. The molecule has 0 spiro atoms. The fourth-order valence-electron chi connectivity index (χ4n) is 3.68. The lowest BCUT2D eigenvalue weighted by Gasteiger charge is -2.46. The van der Waals surface area contributed by atoms with E-state index in [-0.39, 0.29) is 5.69 Å². The van der Waals surface area contributed by atoms with Crippen LogP contribution in [0.25, 0.3) is 0 Å². The molecule has 2 aliphatic rings. The minimum absolute atomic E-state index is 0.0163. The summed E-state index contributed by atoms with van der Waals surface area (Å²) in [5.41, 5.74) is 0.0163. The van der Waals surface area contributed by atoms with Crippen molar-refractivity contribution in [3.63, 3.8) is 0 Å². The number of nitrogens with zero attached hydrogens (tertiary/aromatic N) is 5. The van der Waals surface area contributed by atoms with Crippen LogP contribution < -0.4 is 0 Å². The van der Waals surface area contributed by atoms with Crippen LogP contribution in [0.15, 0.2) is 6.20 Å². The van der Waals surface area contributed by atoms with Gasteiger partial charge >= 0.3 is 5.97 Å². The van der Waals surface area contributed by atoms with Crippen LogP contribution in [0.2, 0.25) is 0 Å². The first-order valence-corrected chi connectivity index (χ1v) is 7.69. The molecule has 7 nitrogen and oxygen atoms in total. The maximum Gasteiger partial charge on any atom is 0.358 e. The van der Waals surface area contributed by atoms with E-state index in [0.29, 0.717) is 6.54 Å². The van der Waals surface area contributed by atoms with Gasteiger partial charge in [0.05, 0.1) is 12.7 Å². The number of likely N-dealkylation sites (tertiary alicyclic amines) is 2. The number of hydrogen-bond donors (Lipinski definition) is 1. The SMILES string of the molecule is CN1CCCC2CN(CCn3cc(C(=O)O)nn3)CCC21. The smallest absolute Gasteiger partial charge is 0.358 e. The lowest BCUT2D eigenvalue weighted by Crippen LogP contribution is -2.53. The summed E-state index contributed by atoms with van der Waals surface area (Å²) in [5.74, 6) is -0.241. The minimum Gasteiger partial charge on any atom is -0.476 e. The molecule has 21 heavy (non-hydrogen) atoms. The number of carbonyl (C=O) groups is 1. The van der Waals surface area contributed by atoms with Crippen LogP contribution in [0.3, 0.4) is 0 Å². The lowest BCUT2D eigenvalue weighted by molar-refractivity contribution is 0.0369. The van der Waals surface area contributed by atoms with Crippen LogP contribution >= 0.6 is 0 Å². The number of piperidine rings is 2. The minimum atomic E-state index is -1.02. The summed E-state index contributed by atoms with van der Waals surface area (Å²) in [4.78, 5) is 15.8. The topological polar surface area (TPSA) is 74.5 Å². The third-order valence-electron chi connectivity index (χ3n) is 4.83. The van der Waals surface area contributed by atoms with Crippen LogP contribution in [-0.4, -0.2) is 75.1 Å². The highest BCUT2D eigenvalue weighted by Gasteiger charge is 2.33. The van der Waals surface area contributed by atoms with E-state index in [4.69, 9.17) is 5.11 Å². The molecule has 3 heterocycles. The summed E-state index contributed by atoms with van der Waals surface area (Å²) in [6.45, 7) is 5.11. The third kappa shape index (κ3) is 3.24. The van der Waals surface area contributed by atoms with Gasteiger partial charge in [-0.3, -0.25) is 4.68 Å². The van der Waals surface area contributed by atoms with Gasteiger partial charge < -0.3 is 14.9 Å². The van der Waals surface area contributed by atoms with Crippen molar-refractivity contribution in [1.82, 2.24) is 24.8 Å². The first-order chi connectivity index (χ1) is 10.1. The number of aromatic nitrogens is 3. The molecular weight excluding hydrogens is 270 g/mol. The van der Waals surface area contributed by atoms with Gasteiger partial charge in [0.1, 0.15) is 0 Å². The molecule has 2 unspecified atom stereocenters. The third-order valence-corrected chi connectivity index (χ3v) is 4.83. The highest BCUT2D eigenvalue weighted by atomic mass is 16.4. The molecule has 0 saturated carbocycles. The average Bonchev–Trinajstić information content (AvgIpc) is 2.94. The molecule has 2 aliphatic heterocycles. The molecule has 0 radical (unpaired) electrons. The molecular formula is C14H23N5O2. The van der Waals surface area contributed by atoms with E-state index in [9.17, 15) is 4.79 Å². The van der Waals surface area contributed by atoms with Crippen molar-refractivity contribution in [2.24, 2.45) is 5.92 Å². The first kappa shape index (κ1) is 14.5. The molecule has 2 fully saturated rings. The zero-order chi connectivity index (χ0) is 14.8. The van der Waals surface area contributed by atoms with Crippen LogP contribution in [0.4, 0.5) is 0 Å². The largest absolute Gasteiger partial charge is 0.476 e. The number of fused-ring (bicyclic) bond motifs is 1. The molecule has 0 aliphatic carbocycles. The van der Waals surface area contributed by atoms with Gasteiger partial charge in [0, 0.05) is 19.1 Å². The Morgan fingerprint density at radius 1 is 1.38 bits per heavy atom. The van der Waals surface area contributed by atoms with Crippen molar-refractivity contribution in [3.05, 3.63) is 11.9 Å². The van der Waals surface area contributed by atoms with Crippen molar-refractivity contribution in [1.29, 1.82) is 0 Å². The van der Waals surface area contributed by atoms with Crippen LogP contribution in [-0.2, 0) is 6.54 Å². The van der Waals surface area contributed by atoms with Gasteiger partial charge in [-0.1, -0.05) is 5.21 Å². The number of carboxylic acid groups (broad SMARTS) is 1. The number of aromatic carboxylic acids is 1. The van der Waals surface area contributed by atoms with Gasteiger partial charge in [-0.15, -0.1) is 5.10 Å². The van der Waals surface area contributed by atoms with Gasteiger partial charge in [0.2, 0.25) is 0 Å². The Kier molecular flexibility index (Phi) is 4.21. The molecule has 1 N–H and O–H groups in total. The second-order valence-electron chi connectivity index (χ2n) is 6.21. The molecule has 0 aromatic carbocycles. The van der Waals surface area contributed by atoms with Crippen LogP contribution in [0.5, 0.6) is 0 Å². The number of hydrogen-bond acceptors (Lipinski definition) is 5. The Labute approximate surface area is 124 Å². The zero-order valence-electron chi connectivity index (χ0n) is 12.5. The second-order valence-corrected chi connectivity index (χ2v) is 6.21. The van der Waals surface area contributed by atoms with Crippen molar-refractivity contribution in [3.8, 4) is 0 Å². The Morgan fingerprint density at radius 2 is 2.24 bits per heavy atom. The Morgan fingerprint density at radius 3 is 3.00 bits per heavy atom. The van der Waals surface area contributed by atoms with Crippen molar-refractivity contribution >= 4 is 5.97 Å². The van der Waals surface area contributed by atoms with Gasteiger partial charge in [0.25, 0.3) is 0 Å². The zero-order valence-corrected chi connectivity index (χ0v) is 12.5. The van der Waals surface area contributed by atoms with E-state index in [2.05, 4.69) is 27.2 Å². The van der Waals surface area contributed by atoms with Gasteiger partial charge in [-0.2, -0.15) is 0 Å². The van der Waals surface area contributed by atoms with E-state index in [0.717, 1.165) is 31.6 Å². The predicted octanol–water partition coefficient (Wildman–Crippen LogP) is 0.392. The highest BCUT2D eigenvalue weighted by Crippen LogP contribution is 2.29. The van der Waals surface area contributed by atoms with E-state index in [1.165, 1.54) is 32.0 Å². The summed E-state index contributed by atoms with van der Waals surface area (Å²) in [7, 11) is 2.25. The predicted molar refractivity (Wildman–Crippen MR) is 77.2 cm³/mol. The molecule has 2 atom stereocenters. The fourth-order valence-corrected chi connectivity index (χ4v) is 3.68. The lowest BCUT2D eigenvalue weighted by atomic mass is 9.84. The van der Waals surface area contributed by atoms with Gasteiger partial charge in [0.15, 0.2) is 5.69 Å². The summed E-state index contributed by atoms with van der Waals surface area (Å²) < 4.78 is 1.63. The Balaban J connectivity index is 1.51. The van der Waals surface area contributed by atoms with Crippen LogP contribution in [0, 0.1) is 5.92 Å². The number of rotatable bonds is 4. The van der Waals surface area contributed by atoms with Crippen molar-refractivity contribution in [2.75, 3.05) is 33.2 Å². The quantitative estimate of drug-likeness (QED) is 0.866. The van der Waals surface area contributed by atoms with E-state index < -0.39 is 5.97 Å². The van der Waals surface area contributed by atoms with E-state index in [1.807, 2.05) is 0 Å². The van der Waals surface area contributed by atoms with Crippen molar-refractivity contribution < 1.29 is 9.90 Å². The highest BCUT2D eigenvalue weighted by molar-refractivity contribution is 5.84. The summed E-state index contributed by atoms with van der Waals surface area (Å²) in [5, 5.41) is 16.3. The van der Waals surface area contributed by atoms with E-state index >= 15 is 0 Å². The van der Waals surface area contributed by atoms with E-state index in [1.54, 1.807) is 4.68 Å². The Bertz CT molecular complexity index is 503. The first-order valence-electron chi connectivity index (χ1n) is 7.69. The number of carboxylic acids is 1. The van der Waals surface area contributed by atoms with Gasteiger partial charge in [-0.25, -0.2) is 4.79 Å². The van der Waals surface area contributed by atoms with Gasteiger partial charge in [-0.05, 0) is 45.3 Å². The average molecular weight is 293 g/mol. The molecule has 2 saturated heterocycles. The molecule has 0 amide bonds. The maximum atomic E-state index is 10.8. The molecule has 7 heteroatoms. The summed E-state index contributed by atoms with van der Waals surface area (Å²) in [6, 6.07) is 0.750. The Hall–Kier alpha value is -1.47. The molecule has 3 rings (SSSR count). The van der Waals surface area contributed by atoms with Crippen LogP contribution in [0.1, 0.15) is 29.8 Å². The fraction of sp³-hybridized carbons (Fsp3) is 0.786. The monoisotopic (exact) mass is 293 g/mol. The molecule has 1 aromatic heterocycles. The standard InChI is InChI=1S/C14H23N5O2/c1-17-5-2-3-11-9-18(6-4-13(11)17)7-8-19-10-12(14(20)21)15-16-19/h10-11,13H,2-9H2,1H3,(H,20,21).